The highest BCUT2D eigenvalue weighted by atomic mass is 32.2. The predicted octanol–water partition coefficient (Wildman–Crippen LogP) is 3.25. The summed E-state index contributed by atoms with van der Waals surface area (Å²) in [6.07, 6.45) is 2.80. The van der Waals surface area contributed by atoms with Gasteiger partial charge in [0.2, 0.25) is 5.91 Å². The van der Waals surface area contributed by atoms with Crippen LogP contribution in [0.5, 0.6) is 0 Å². The van der Waals surface area contributed by atoms with Crippen LogP contribution in [0.4, 0.5) is 0 Å². The van der Waals surface area contributed by atoms with Gasteiger partial charge in [-0.1, -0.05) is 24.3 Å². The Morgan fingerprint density at radius 1 is 1.07 bits per heavy atom. The molecule has 1 saturated heterocycles. The zero-order valence-corrected chi connectivity index (χ0v) is 17.0. The molecule has 0 spiro atoms. The molecule has 1 fully saturated rings. The van der Waals surface area contributed by atoms with Gasteiger partial charge in [-0.2, -0.15) is 0 Å². The second kappa shape index (κ2) is 9.13. The van der Waals surface area contributed by atoms with Gasteiger partial charge < -0.3 is 15.2 Å². The number of nitrogens with one attached hydrogen (secondary N) is 2. The Labute approximate surface area is 174 Å². The molecule has 7 heteroatoms. The Kier molecular flexibility index (Phi) is 6.14. The van der Waals surface area contributed by atoms with Gasteiger partial charge in [-0.3, -0.25) is 9.59 Å². The van der Waals surface area contributed by atoms with Crippen LogP contribution in [0.1, 0.15) is 29.0 Å². The third kappa shape index (κ3) is 4.79. The number of carbonyl (C=O) groups excluding carboxylic acids is 2. The Morgan fingerprint density at radius 3 is 2.66 bits per heavy atom. The molecule has 2 N–H and O–H groups in total. The lowest BCUT2D eigenvalue weighted by molar-refractivity contribution is -0.127. The molecule has 3 aromatic rings. The minimum atomic E-state index is -0.127. The molecule has 0 atom stereocenters. The molecule has 0 unspecified atom stereocenters. The number of nitrogens with zero attached hydrogens (tertiary/aromatic N) is 2. The molecule has 2 aromatic carbocycles. The zero-order valence-electron chi connectivity index (χ0n) is 16.2. The maximum atomic E-state index is 12.7. The van der Waals surface area contributed by atoms with Crippen LogP contribution in [-0.4, -0.2) is 52.1 Å². The highest BCUT2D eigenvalue weighted by Crippen LogP contribution is 2.23. The van der Waals surface area contributed by atoms with E-state index in [9.17, 15) is 9.59 Å². The number of H-pyrrole nitrogens is 1. The van der Waals surface area contributed by atoms with Crippen molar-refractivity contribution in [3.63, 3.8) is 0 Å². The quantitative estimate of drug-likeness (QED) is 0.588. The Balaban J connectivity index is 1.32. The first kappa shape index (κ1) is 19.5. The van der Waals surface area contributed by atoms with Crippen molar-refractivity contribution in [3.05, 3.63) is 59.9 Å². The number of rotatable bonds is 7. The molecular formula is C22H24N4O2S. The number of carbonyl (C=O) groups is 2. The maximum absolute atomic E-state index is 12.7. The Morgan fingerprint density at radius 2 is 1.83 bits per heavy atom. The van der Waals surface area contributed by atoms with E-state index in [1.165, 1.54) is 11.8 Å². The monoisotopic (exact) mass is 408 g/mol. The van der Waals surface area contributed by atoms with Gasteiger partial charge in [0.15, 0.2) is 0 Å². The van der Waals surface area contributed by atoms with Crippen LogP contribution >= 0.6 is 11.8 Å². The van der Waals surface area contributed by atoms with Gasteiger partial charge in [0, 0.05) is 31.0 Å². The number of aromatic nitrogens is 2. The molecule has 1 aliphatic heterocycles. The van der Waals surface area contributed by atoms with Crippen LogP contribution in [0.2, 0.25) is 0 Å². The van der Waals surface area contributed by atoms with E-state index in [1.54, 1.807) is 6.07 Å². The second-order valence-electron chi connectivity index (χ2n) is 7.08. The topological polar surface area (TPSA) is 78.1 Å². The molecule has 2 amide bonds. The molecule has 150 valence electrons. The largest absolute Gasteiger partial charge is 0.352 e. The van der Waals surface area contributed by atoms with Crippen molar-refractivity contribution in [1.29, 1.82) is 0 Å². The molecule has 0 saturated carbocycles. The van der Waals surface area contributed by atoms with E-state index in [2.05, 4.69) is 15.3 Å². The predicted molar refractivity (Wildman–Crippen MR) is 115 cm³/mol. The van der Waals surface area contributed by atoms with E-state index in [1.807, 2.05) is 47.4 Å². The first-order chi connectivity index (χ1) is 14.2. The third-order valence-electron chi connectivity index (χ3n) is 5.03. The lowest BCUT2D eigenvalue weighted by Gasteiger charge is -2.15. The summed E-state index contributed by atoms with van der Waals surface area (Å²) in [5.74, 6) is 1.24. The van der Waals surface area contributed by atoms with Gasteiger partial charge in [-0.25, -0.2) is 4.98 Å². The molecule has 6 nitrogen and oxygen atoms in total. The average molecular weight is 409 g/mol. The van der Waals surface area contributed by atoms with Crippen LogP contribution < -0.4 is 5.32 Å². The maximum Gasteiger partial charge on any atom is 0.252 e. The molecule has 29 heavy (non-hydrogen) atoms. The summed E-state index contributed by atoms with van der Waals surface area (Å²) in [6.45, 7) is 2.19. The fraction of sp³-hybridized carbons (Fsp3) is 0.318. The second-order valence-corrected chi connectivity index (χ2v) is 8.10. The molecule has 1 aliphatic rings. The van der Waals surface area contributed by atoms with Crippen molar-refractivity contribution < 1.29 is 9.59 Å². The van der Waals surface area contributed by atoms with E-state index in [4.69, 9.17) is 0 Å². The minimum absolute atomic E-state index is 0.127. The SMILES string of the molecule is O=C(NCCc1nc2ccccc2[nH]1)c1ccccc1SCC(=O)N1CCCC1. The molecule has 0 aliphatic carbocycles. The van der Waals surface area contributed by atoms with Gasteiger partial charge in [-0.05, 0) is 37.1 Å². The smallest absolute Gasteiger partial charge is 0.252 e. The van der Waals surface area contributed by atoms with Gasteiger partial charge in [-0.15, -0.1) is 11.8 Å². The standard InChI is InChI=1S/C22H24N4O2S/c27-21(26-13-5-6-14-26)15-29-19-10-4-1-7-16(19)22(28)23-12-11-20-24-17-8-2-3-9-18(17)25-20/h1-4,7-10H,5-6,11-15H2,(H,23,28)(H,24,25). The van der Waals surface area contributed by atoms with Gasteiger partial charge in [0.25, 0.3) is 5.91 Å². The van der Waals surface area contributed by atoms with Crippen LogP contribution in [0.3, 0.4) is 0 Å². The number of amides is 2. The summed E-state index contributed by atoms with van der Waals surface area (Å²) in [5.41, 5.74) is 2.54. The van der Waals surface area contributed by atoms with Crippen molar-refractivity contribution in [2.75, 3.05) is 25.4 Å². The molecular weight excluding hydrogens is 384 g/mol. The normalized spacial score (nSPS) is 13.7. The summed E-state index contributed by atoms with van der Waals surface area (Å²) in [7, 11) is 0. The molecule has 0 bridgehead atoms. The number of benzene rings is 2. The molecule has 4 rings (SSSR count). The number of para-hydroxylation sites is 2. The summed E-state index contributed by atoms with van der Waals surface area (Å²) >= 11 is 1.43. The van der Waals surface area contributed by atoms with E-state index < -0.39 is 0 Å². The number of fused-ring (bicyclic) bond motifs is 1. The number of hydrogen-bond donors (Lipinski definition) is 2. The van der Waals surface area contributed by atoms with E-state index in [0.717, 1.165) is 47.7 Å². The summed E-state index contributed by atoms with van der Waals surface area (Å²) in [4.78, 5) is 35.5. The number of aromatic amines is 1. The third-order valence-corrected chi connectivity index (χ3v) is 6.09. The molecule has 0 radical (unpaired) electrons. The Hall–Kier alpha value is -2.80. The molecule has 2 heterocycles. The highest BCUT2D eigenvalue weighted by Gasteiger charge is 2.19. The van der Waals surface area contributed by atoms with Crippen molar-refractivity contribution >= 4 is 34.6 Å². The summed E-state index contributed by atoms with van der Waals surface area (Å²) in [5, 5.41) is 2.97. The lowest BCUT2D eigenvalue weighted by Crippen LogP contribution is -2.29. The van der Waals surface area contributed by atoms with Crippen molar-refractivity contribution in [2.24, 2.45) is 0 Å². The summed E-state index contributed by atoms with van der Waals surface area (Å²) < 4.78 is 0. The van der Waals surface area contributed by atoms with Gasteiger partial charge >= 0.3 is 0 Å². The number of hydrogen-bond acceptors (Lipinski definition) is 4. The van der Waals surface area contributed by atoms with Crippen LogP contribution in [0.15, 0.2) is 53.4 Å². The van der Waals surface area contributed by atoms with Gasteiger partial charge in [0.05, 0.1) is 22.3 Å². The van der Waals surface area contributed by atoms with Gasteiger partial charge in [0.1, 0.15) is 5.82 Å². The van der Waals surface area contributed by atoms with E-state index in [-0.39, 0.29) is 11.8 Å². The fourth-order valence-electron chi connectivity index (χ4n) is 3.49. The highest BCUT2D eigenvalue weighted by molar-refractivity contribution is 8.00. The summed E-state index contributed by atoms with van der Waals surface area (Å²) in [6, 6.07) is 15.3. The van der Waals surface area contributed by atoms with Crippen molar-refractivity contribution in [1.82, 2.24) is 20.2 Å². The number of likely N-dealkylation sites (tertiary alicyclic amines) is 1. The van der Waals surface area contributed by atoms with Crippen molar-refractivity contribution in [2.45, 2.75) is 24.2 Å². The fourth-order valence-corrected chi connectivity index (χ4v) is 4.44. The zero-order chi connectivity index (χ0) is 20.1. The van der Waals surface area contributed by atoms with E-state index in [0.29, 0.717) is 24.3 Å². The first-order valence-corrected chi connectivity index (χ1v) is 10.9. The first-order valence-electron chi connectivity index (χ1n) is 9.92. The van der Waals surface area contributed by atoms with Crippen LogP contribution in [-0.2, 0) is 11.2 Å². The van der Waals surface area contributed by atoms with E-state index >= 15 is 0 Å². The minimum Gasteiger partial charge on any atom is -0.352 e. The number of imidazole rings is 1. The average Bonchev–Trinajstić information content (AvgIpc) is 3.42. The van der Waals surface area contributed by atoms with Crippen LogP contribution in [0.25, 0.3) is 11.0 Å². The molecule has 1 aromatic heterocycles. The Bertz CT molecular complexity index is 978. The lowest BCUT2D eigenvalue weighted by atomic mass is 10.2. The number of thioether (sulfide) groups is 1. The van der Waals surface area contributed by atoms with Crippen LogP contribution in [0, 0.1) is 0 Å². The van der Waals surface area contributed by atoms with Crippen molar-refractivity contribution in [3.8, 4) is 0 Å².